The first-order chi connectivity index (χ1) is 11.3. The van der Waals surface area contributed by atoms with Crippen LogP contribution in [-0.2, 0) is 13.0 Å². The maximum atomic E-state index is 12.3. The summed E-state index contributed by atoms with van der Waals surface area (Å²) in [4.78, 5) is 16.6. The van der Waals surface area contributed by atoms with Crippen molar-refractivity contribution in [3.63, 3.8) is 0 Å². The van der Waals surface area contributed by atoms with Gasteiger partial charge in [0.15, 0.2) is 11.5 Å². The molecule has 0 aliphatic carbocycles. The van der Waals surface area contributed by atoms with Crippen LogP contribution in [0.3, 0.4) is 0 Å². The molecule has 3 aromatic rings. The fourth-order valence-corrected chi connectivity index (χ4v) is 2.86. The highest BCUT2D eigenvalue weighted by atomic mass is 16.5. The highest BCUT2D eigenvalue weighted by Crippen LogP contribution is 2.20. The summed E-state index contributed by atoms with van der Waals surface area (Å²) in [5.74, 6) is 1.46. The summed E-state index contributed by atoms with van der Waals surface area (Å²) in [6.45, 7) is 0.741. The van der Waals surface area contributed by atoms with E-state index in [1.165, 1.54) is 0 Å². The Morgan fingerprint density at radius 2 is 2.17 bits per heavy atom. The normalized spacial score (nSPS) is 16.8. The average Bonchev–Trinajstić information content (AvgIpc) is 3.24. The Labute approximate surface area is 133 Å². The van der Waals surface area contributed by atoms with Crippen molar-refractivity contribution in [1.82, 2.24) is 20.0 Å². The van der Waals surface area contributed by atoms with Gasteiger partial charge in [0.1, 0.15) is 5.82 Å². The van der Waals surface area contributed by atoms with Crippen molar-refractivity contribution in [3.8, 4) is 11.3 Å². The molecule has 0 fully saturated rings. The first kappa shape index (κ1) is 13.8. The second-order valence-electron chi connectivity index (χ2n) is 5.65. The maximum absolute atomic E-state index is 12.3. The van der Waals surface area contributed by atoms with E-state index in [9.17, 15) is 4.79 Å². The van der Waals surface area contributed by atoms with Gasteiger partial charge in [0, 0.05) is 43.0 Å². The third kappa shape index (κ3) is 2.75. The minimum absolute atomic E-state index is 0.0843. The molecule has 0 bridgehead atoms. The zero-order valence-electron chi connectivity index (χ0n) is 12.5. The van der Waals surface area contributed by atoms with Gasteiger partial charge in [-0.2, -0.15) is 0 Å². The van der Waals surface area contributed by atoms with E-state index in [1.807, 2.05) is 36.5 Å². The zero-order chi connectivity index (χ0) is 15.6. The molecule has 3 heterocycles. The van der Waals surface area contributed by atoms with E-state index < -0.39 is 0 Å². The second kappa shape index (κ2) is 5.72. The molecule has 6 nitrogen and oxygen atoms in total. The summed E-state index contributed by atoms with van der Waals surface area (Å²) < 4.78 is 7.35. The number of amides is 1. The second-order valence-corrected chi connectivity index (χ2v) is 5.65. The van der Waals surface area contributed by atoms with Gasteiger partial charge in [-0.3, -0.25) is 4.79 Å². The molecule has 1 aliphatic rings. The van der Waals surface area contributed by atoms with Gasteiger partial charge >= 0.3 is 0 Å². The predicted molar refractivity (Wildman–Crippen MR) is 83.7 cm³/mol. The molecule has 0 saturated carbocycles. The van der Waals surface area contributed by atoms with Gasteiger partial charge in [-0.15, -0.1) is 0 Å². The van der Waals surface area contributed by atoms with Crippen molar-refractivity contribution in [3.05, 3.63) is 60.3 Å². The first-order valence-electron chi connectivity index (χ1n) is 7.62. The molecule has 6 heteroatoms. The average molecular weight is 308 g/mol. The van der Waals surface area contributed by atoms with Crippen LogP contribution in [0.15, 0.2) is 53.3 Å². The SMILES string of the molecule is O=C(N[C@@H]1CCc2nccn2C1)c1cc(-c2ccccc2)on1. The molecule has 1 amide bonds. The lowest BCUT2D eigenvalue weighted by Gasteiger charge is -2.24. The van der Waals surface area contributed by atoms with Crippen LogP contribution >= 0.6 is 0 Å². The van der Waals surface area contributed by atoms with Gasteiger partial charge in [-0.25, -0.2) is 4.98 Å². The zero-order valence-corrected chi connectivity index (χ0v) is 12.5. The topological polar surface area (TPSA) is 73.0 Å². The number of fused-ring (bicyclic) bond motifs is 1. The van der Waals surface area contributed by atoms with E-state index >= 15 is 0 Å². The Hall–Kier alpha value is -2.89. The summed E-state index contributed by atoms with van der Waals surface area (Å²) >= 11 is 0. The van der Waals surface area contributed by atoms with Crippen LogP contribution in [0, 0.1) is 0 Å². The maximum Gasteiger partial charge on any atom is 0.273 e. The minimum atomic E-state index is -0.204. The first-order valence-corrected chi connectivity index (χ1v) is 7.62. The van der Waals surface area contributed by atoms with Crippen LogP contribution in [0.2, 0.25) is 0 Å². The molecule has 0 radical (unpaired) electrons. The van der Waals surface area contributed by atoms with Crippen LogP contribution in [0.4, 0.5) is 0 Å². The Morgan fingerprint density at radius 1 is 1.30 bits per heavy atom. The molecule has 1 atom stereocenters. The highest BCUT2D eigenvalue weighted by Gasteiger charge is 2.22. The molecular weight excluding hydrogens is 292 g/mol. The standard InChI is InChI=1S/C17H16N4O2/c22-17(19-13-6-7-16-18-8-9-21(16)11-13)14-10-15(23-20-14)12-4-2-1-3-5-12/h1-5,8-10,13H,6-7,11H2,(H,19,22)/t13-/m1/s1. The number of benzene rings is 1. The van der Waals surface area contributed by atoms with Crippen molar-refractivity contribution >= 4 is 5.91 Å². The van der Waals surface area contributed by atoms with Crippen LogP contribution in [0.5, 0.6) is 0 Å². The summed E-state index contributed by atoms with van der Waals surface area (Å²) in [5.41, 5.74) is 1.21. The number of nitrogens with zero attached hydrogens (tertiary/aromatic N) is 3. The van der Waals surface area contributed by atoms with Crippen molar-refractivity contribution in [2.45, 2.75) is 25.4 Å². The van der Waals surface area contributed by atoms with E-state index in [4.69, 9.17) is 4.52 Å². The lowest BCUT2D eigenvalue weighted by molar-refractivity contribution is 0.0918. The van der Waals surface area contributed by atoms with E-state index in [1.54, 1.807) is 12.3 Å². The van der Waals surface area contributed by atoms with E-state index in [2.05, 4.69) is 20.0 Å². The smallest absolute Gasteiger partial charge is 0.273 e. The van der Waals surface area contributed by atoms with E-state index in [0.717, 1.165) is 30.8 Å². The largest absolute Gasteiger partial charge is 0.355 e. The molecule has 1 aromatic carbocycles. The monoisotopic (exact) mass is 308 g/mol. The van der Waals surface area contributed by atoms with Gasteiger partial charge in [-0.1, -0.05) is 35.5 Å². The van der Waals surface area contributed by atoms with E-state index in [0.29, 0.717) is 11.5 Å². The molecule has 23 heavy (non-hydrogen) atoms. The van der Waals surface area contributed by atoms with Crippen LogP contribution in [0.25, 0.3) is 11.3 Å². The third-order valence-corrected chi connectivity index (χ3v) is 4.07. The highest BCUT2D eigenvalue weighted by molar-refractivity contribution is 5.93. The van der Waals surface area contributed by atoms with E-state index in [-0.39, 0.29) is 11.9 Å². The van der Waals surface area contributed by atoms with Crippen LogP contribution in [-0.4, -0.2) is 26.7 Å². The van der Waals surface area contributed by atoms with Gasteiger partial charge in [0.25, 0.3) is 5.91 Å². The summed E-state index contributed by atoms with van der Waals surface area (Å²) in [5, 5.41) is 6.91. The number of nitrogens with one attached hydrogen (secondary N) is 1. The predicted octanol–water partition coefficient (Wildman–Crippen LogP) is 2.28. The van der Waals surface area contributed by atoms with Gasteiger partial charge < -0.3 is 14.4 Å². The molecule has 0 spiro atoms. The van der Waals surface area contributed by atoms with Gasteiger partial charge in [0.05, 0.1) is 0 Å². The fourth-order valence-electron chi connectivity index (χ4n) is 2.86. The van der Waals surface area contributed by atoms with Crippen molar-refractivity contribution in [2.24, 2.45) is 0 Å². The van der Waals surface area contributed by atoms with Crippen LogP contribution in [0.1, 0.15) is 22.7 Å². The van der Waals surface area contributed by atoms with Gasteiger partial charge in [0.2, 0.25) is 0 Å². The lowest BCUT2D eigenvalue weighted by Crippen LogP contribution is -2.41. The number of hydrogen-bond donors (Lipinski definition) is 1. The lowest BCUT2D eigenvalue weighted by atomic mass is 10.1. The van der Waals surface area contributed by atoms with Crippen molar-refractivity contribution < 1.29 is 9.32 Å². The summed E-state index contributed by atoms with van der Waals surface area (Å²) in [6, 6.07) is 11.4. The molecule has 1 N–H and O–H groups in total. The summed E-state index contributed by atoms with van der Waals surface area (Å²) in [7, 11) is 0. The number of aryl methyl sites for hydroxylation is 1. The number of imidazole rings is 1. The molecule has 116 valence electrons. The number of hydrogen-bond acceptors (Lipinski definition) is 4. The Bertz CT molecular complexity index is 822. The number of rotatable bonds is 3. The minimum Gasteiger partial charge on any atom is -0.355 e. The Morgan fingerprint density at radius 3 is 3.04 bits per heavy atom. The molecule has 2 aromatic heterocycles. The molecular formula is C17H16N4O2. The number of carbonyl (C=O) groups excluding carboxylic acids is 1. The van der Waals surface area contributed by atoms with Crippen molar-refractivity contribution in [2.75, 3.05) is 0 Å². The number of aromatic nitrogens is 3. The molecule has 4 rings (SSSR count). The Kier molecular flexibility index (Phi) is 3.42. The molecule has 0 unspecified atom stereocenters. The summed E-state index contributed by atoms with van der Waals surface area (Å²) in [6.07, 6.45) is 5.48. The van der Waals surface area contributed by atoms with Crippen LogP contribution < -0.4 is 5.32 Å². The van der Waals surface area contributed by atoms with Gasteiger partial charge in [-0.05, 0) is 6.42 Å². The van der Waals surface area contributed by atoms with Crippen molar-refractivity contribution in [1.29, 1.82) is 0 Å². The third-order valence-electron chi connectivity index (χ3n) is 4.07. The molecule has 0 saturated heterocycles. The quantitative estimate of drug-likeness (QED) is 0.805. The number of carbonyl (C=O) groups is 1. The fraction of sp³-hybridized carbons (Fsp3) is 0.235. The Balaban J connectivity index is 1.45. The molecule has 1 aliphatic heterocycles.